The van der Waals surface area contributed by atoms with Gasteiger partial charge in [0, 0.05) is 5.75 Å². The predicted octanol–water partition coefficient (Wildman–Crippen LogP) is 5.61. The van der Waals surface area contributed by atoms with E-state index in [0.717, 1.165) is 11.3 Å². The second-order valence-electron chi connectivity index (χ2n) is 6.56. The maximum atomic E-state index is 14.3. The molecule has 138 valence electrons. The molecule has 6 heteroatoms. The van der Waals surface area contributed by atoms with Crippen LogP contribution in [0.4, 0.5) is 4.39 Å². The molecule has 0 heterocycles. The topological polar surface area (TPSA) is 41.1 Å². The van der Waals surface area contributed by atoms with Gasteiger partial charge in [0.1, 0.15) is 0 Å². The molecule has 26 heavy (non-hydrogen) atoms. The molecule has 0 saturated heterocycles. The first-order valence-electron chi connectivity index (χ1n) is 8.87. The number of hydrogen-bond acceptors (Lipinski definition) is 3. The molecule has 0 radical (unpaired) electrons. The van der Waals surface area contributed by atoms with Crippen LogP contribution in [-0.4, -0.2) is 11.7 Å². The van der Waals surface area contributed by atoms with Gasteiger partial charge < -0.3 is 0 Å². The van der Waals surface area contributed by atoms with Crippen LogP contribution in [0.3, 0.4) is 0 Å². The summed E-state index contributed by atoms with van der Waals surface area (Å²) in [5.74, 6) is 0.389. The van der Waals surface area contributed by atoms with E-state index in [4.69, 9.17) is 11.6 Å². The summed E-state index contributed by atoms with van der Waals surface area (Å²) in [4.78, 5) is 15.2. The summed E-state index contributed by atoms with van der Waals surface area (Å²) in [6.45, 7) is 0. The lowest BCUT2D eigenvalue weighted by Gasteiger charge is -2.21. The van der Waals surface area contributed by atoms with Crippen molar-refractivity contribution in [3.8, 4) is 11.1 Å². The third-order valence-corrected chi connectivity index (χ3v) is 5.82. The van der Waals surface area contributed by atoms with E-state index in [1.807, 2.05) is 30.3 Å². The maximum absolute atomic E-state index is 14.3. The second kappa shape index (κ2) is 9.40. The molecule has 1 aliphatic carbocycles. The van der Waals surface area contributed by atoms with Gasteiger partial charge in [-0.25, -0.2) is 4.39 Å². The van der Waals surface area contributed by atoms with Crippen LogP contribution < -0.4 is 10.3 Å². The van der Waals surface area contributed by atoms with E-state index in [9.17, 15) is 9.18 Å². The molecule has 2 aromatic rings. The van der Waals surface area contributed by atoms with E-state index in [1.54, 1.807) is 0 Å². The van der Waals surface area contributed by atoms with Gasteiger partial charge in [0.05, 0.1) is 10.6 Å². The number of amides is 1. The molecule has 0 bridgehead atoms. The molecule has 2 aromatic carbocycles. The molecule has 3 nitrogen and oxygen atoms in total. The van der Waals surface area contributed by atoms with Crippen LogP contribution in [-0.2, 0) is 0 Å². The summed E-state index contributed by atoms with van der Waals surface area (Å²) in [6.07, 6.45) is 6.38. The largest absolute Gasteiger partial charge is 0.277 e. The lowest BCUT2D eigenvalue weighted by Crippen LogP contribution is -2.34. The van der Waals surface area contributed by atoms with E-state index in [-0.39, 0.29) is 10.6 Å². The summed E-state index contributed by atoms with van der Waals surface area (Å²) in [7, 11) is 0. The van der Waals surface area contributed by atoms with E-state index >= 15 is 0 Å². The molecule has 0 spiro atoms. The van der Waals surface area contributed by atoms with Crippen molar-refractivity contribution in [3.63, 3.8) is 0 Å². The smallest absolute Gasteiger partial charge is 0.269 e. The van der Waals surface area contributed by atoms with Gasteiger partial charge in [-0.15, -0.1) is 0 Å². The molecule has 2 N–H and O–H groups in total. The molecule has 1 fully saturated rings. The molecular formula is C20H22ClFN2OS. The highest BCUT2D eigenvalue weighted by Crippen LogP contribution is 2.28. The van der Waals surface area contributed by atoms with Crippen LogP contribution in [0.5, 0.6) is 0 Å². The summed E-state index contributed by atoms with van der Waals surface area (Å²) in [6, 6.07) is 12.5. The molecule has 1 aliphatic rings. The molecule has 3 rings (SSSR count). The Morgan fingerprint density at radius 3 is 2.58 bits per heavy atom. The Labute approximate surface area is 162 Å². The highest BCUT2D eigenvalue weighted by atomic mass is 35.5. The second-order valence-corrected chi connectivity index (χ2v) is 7.79. The first-order chi connectivity index (χ1) is 12.6. The Morgan fingerprint density at radius 2 is 1.85 bits per heavy atom. The van der Waals surface area contributed by atoms with E-state index in [1.165, 1.54) is 56.2 Å². The Morgan fingerprint density at radius 1 is 1.12 bits per heavy atom. The summed E-state index contributed by atoms with van der Waals surface area (Å²) >= 11 is 7.45. The minimum absolute atomic E-state index is 0.0636. The fraction of sp³-hybridized carbons (Fsp3) is 0.350. The Balaban J connectivity index is 1.62. The maximum Gasteiger partial charge on any atom is 0.269 e. The van der Waals surface area contributed by atoms with Crippen molar-refractivity contribution in [1.82, 2.24) is 10.3 Å². The number of benzene rings is 2. The van der Waals surface area contributed by atoms with Crippen molar-refractivity contribution in [2.45, 2.75) is 32.1 Å². The zero-order valence-corrected chi connectivity index (χ0v) is 16.0. The first-order valence-corrected chi connectivity index (χ1v) is 10.2. The zero-order chi connectivity index (χ0) is 18.4. The quantitative estimate of drug-likeness (QED) is 0.381. The Hall–Kier alpha value is -1.56. The van der Waals surface area contributed by atoms with Crippen LogP contribution in [0.1, 0.15) is 42.5 Å². The minimum atomic E-state index is -0.706. The number of rotatable bonds is 6. The number of nitrogens with one attached hydrogen (secondary N) is 2. The lowest BCUT2D eigenvalue weighted by molar-refractivity contribution is 0.0943. The van der Waals surface area contributed by atoms with Gasteiger partial charge in [-0.3, -0.25) is 10.2 Å². The molecule has 0 atom stereocenters. The van der Waals surface area contributed by atoms with Crippen molar-refractivity contribution < 1.29 is 9.18 Å². The fourth-order valence-electron chi connectivity index (χ4n) is 3.21. The third-order valence-electron chi connectivity index (χ3n) is 4.66. The zero-order valence-electron chi connectivity index (χ0n) is 14.4. The molecular weight excluding hydrogens is 371 g/mol. The molecule has 0 aliphatic heterocycles. The summed E-state index contributed by atoms with van der Waals surface area (Å²) in [5.41, 5.74) is 4.08. The highest BCUT2D eigenvalue weighted by molar-refractivity contribution is 7.97. The minimum Gasteiger partial charge on any atom is -0.277 e. The average molecular weight is 393 g/mol. The number of carbonyl (C=O) groups excluding carboxylic acids is 1. The SMILES string of the molecule is O=C(NNSCC1CCCCC1)c1cc(-c2ccccc2)cc(Cl)c1F. The van der Waals surface area contributed by atoms with Crippen LogP contribution in [0.25, 0.3) is 11.1 Å². The normalized spacial score (nSPS) is 15.0. The lowest BCUT2D eigenvalue weighted by atomic mass is 9.91. The first kappa shape index (κ1) is 19.2. The van der Waals surface area contributed by atoms with Crippen molar-refractivity contribution in [1.29, 1.82) is 0 Å². The van der Waals surface area contributed by atoms with Crippen LogP contribution in [0, 0.1) is 11.7 Å². The van der Waals surface area contributed by atoms with Gasteiger partial charge in [-0.1, -0.05) is 73.1 Å². The summed E-state index contributed by atoms with van der Waals surface area (Å²) < 4.78 is 14.3. The molecule has 0 aromatic heterocycles. The number of hydrazine groups is 1. The third kappa shape index (κ3) is 5.00. The van der Waals surface area contributed by atoms with E-state index < -0.39 is 11.7 Å². The standard InChI is InChI=1S/C20H22ClFN2OS/c21-18-12-16(15-9-5-2-6-10-15)11-17(19(18)22)20(25)23-24-26-13-14-7-3-1-4-8-14/h2,5-6,9-12,14,24H,1,3-4,7-8,13H2,(H,23,25). The van der Waals surface area contributed by atoms with Gasteiger partial charge in [-0.2, -0.15) is 4.83 Å². The molecule has 1 saturated carbocycles. The number of carbonyl (C=O) groups is 1. The van der Waals surface area contributed by atoms with E-state index in [0.29, 0.717) is 11.5 Å². The summed E-state index contributed by atoms with van der Waals surface area (Å²) in [5, 5.41) is -0.0636. The molecule has 1 amide bonds. The van der Waals surface area contributed by atoms with Crippen molar-refractivity contribution >= 4 is 29.5 Å². The average Bonchev–Trinajstić information content (AvgIpc) is 2.68. The number of hydrogen-bond donors (Lipinski definition) is 2. The van der Waals surface area contributed by atoms with Crippen molar-refractivity contribution in [2.24, 2.45) is 5.92 Å². The fourth-order valence-corrected chi connectivity index (χ4v) is 4.25. The van der Waals surface area contributed by atoms with Crippen LogP contribution in [0.2, 0.25) is 5.02 Å². The molecule has 0 unspecified atom stereocenters. The Kier molecular flexibility index (Phi) is 6.94. The van der Waals surface area contributed by atoms with Crippen molar-refractivity contribution in [2.75, 3.05) is 5.75 Å². The monoisotopic (exact) mass is 392 g/mol. The van der Waals surface area contributed by atoms with E-state index in [2.05, 4.69) is 10.3 Å². The van der Waals surface area contributed by atoms with Crippen LogP contribution in [0.15, 0.2) is 42.5 Å². The van der Waals surface area contributed by atoms with Crippen molar-refractivity contribution in [3.05, 3.63) is 58.9 Å². The van der Waals surface area contributed by atoms with Crippen LogP contribution >= 0.6 is 23.5 Å². The highest BCUT2D eigenvalue weighted by Gasteiger charge is 2.17. The van der Waals surface area contributed by atoms with Gasteiger partial charge in [0.25, 0.3) is 5.91 Å². The van der Waals surface area contributed by atoms with Gasteiger partial charge in [0.15, 0.2) is 5.82 Å². The van der Waals surface area contributed by atoms with Gasteiger partial charge in [0.2, 0.25) is 0 Å². The van der Waals surface area contributed by atoms with Gasteiger partial charge >= 0.3 is 0 Å². The predicted molar refractivity (Wildman–Crippen MR) is 106 cm³/mol. The van der Waals surface area contributed by atoms with Gasteiger partial charge in [-0.05, 0) is 42.0 Å². The Bertz CT molecular complexity index is 751. The number of halogens is 2.